The van der Waals surface area contributed by atoms with Crippen LogP contribution < -0.4 is 0 Å². The minimum atomic E-state index is -0.626. The Kier molecular flexibility index (Phi) is 8.78. The van der Waals surface area contributed by atoms with Gasteiger partial charge in [0.2, 0.25) is 0 Å². The van der Waals surface area contributed by atoms with Gasteiger partial charge in [-0.05, 0) is 6.92 Å². The van der Waals surface area contributed by atoms with E-state index >= 15 is 0 Å². The van der Waals surface area contributed by atoms with Crippen molar-refractivity contribution in [2.24, 2.45) is 0 Å². The lowest BCUT2D eigenvalue weighted by molar-refractivity contribution is -0.138. The zero-order chi connectivity index (χ0) is 12.4. The average Bonchev–Trinajstić information content (AvgIpc) is 2.26. The Labute approximate surface area is 105 Å². The molecule has 6 heteroatoms. The molecule has 0 bridgehead atoms. The van der Waals surface area contributed by atoms with Gasteiger partial charge in [-0.15, -0.1) is 23.2 Å². The van der Waals surface area contributed by atoms with E-state index < -0.39 is 5.97 Å². The van der Waals surface area contributed by atoms with Crippen LogP contribution in [0.1, 0.15) is 6.92 Å². The number of hydrogen-bond acceptors (Lipinski definition) is 4. The molecular weight excluding hydrogens is 251 g/mol. The highest BCUT2D eigenvalue weighted by atomic mass is 35.5. The van der Waals surface area contributed by atoms with Crippen molar-refractivity contribution >= 4 is 29.2 Å². The Hall–Kier alpha value is -0.920. The standard InChI is InChI=1S/C10H14Cl2N2O2/c1-2-16-10(15)9(7-13)8-14(5-3-11)6-4-12/h8H,2-6H2,1H3/b9-8+. The quantitative estimate of drug-likeness (QED) is 0.304. The molecule has 0 radical (unpaired) electrons. The number of nitriles is 1. The van der Waals surface area contributed by atoms with Crippen molar-refractivity contribution in [3.05, 3.63) is 11.8 Å². The van der Waals surface area contributed by atoms with Crippen molar-refractivity contribution in [1.82, 2.24) is 4.90 Å². The summed E-state index contributed by atoms with van der Waals surface area (Å²) < 4.78 is 4.73. The van der Waals surface area contributed by atoms with Gasteiger partial charge in [0.05, 0.1) is 6.61 Å². The van der Waals surface area contributed by atoms with Gasteiger partial charge >= 0.3 is 5.97 Å². The first kappa shape index (κ1) is 15.1. The summed E-state index contributed by atoms with van der Waals surface area (Å²) in [5.74, 6) is 0.170. The normalized spacial score (nSPS) is 10.8. The molecule has 0 aromatic rings. The SMILES string of the molecule is CCOC(=O)/C(C#N)=C/N(CCCl)CCCl. The highest BCUT2D eigenvalue weighted by Crippen LogP contribution is 2.02. The van der Waals surface area contributed by atoms with Crippen LogP contribution >= 0.6 is 23.2 Å². The summed E-state index contributed by atoms with van der Waals surface area (Å²) in [4.78, 5) is 13.0. The summed E-state index contributed by atoms with van der Waals surface area (Å²) in [7, 11) is 0. The van der Waals surface area contributed by atoms with E-state index in [0.29, 0.717) is 24.8 Å². The van der Waals surface area contributed by atoms with E-state index in [2.05, 4.69) is 0 Å². The van der Waals surface area contributed by atoms with Crippen LogP contribution in [0.3, 0.4) is 0 Å². The molecule has 4 nitrogen and oxygen atoms in total. The third-order valence-corrected chi connectivity index (χ3v) is 2.01. The molecule has 0 aliphatic rings. The Morgan fingerprint density at radius 2 is 2.00 bits per heavy atom. The van der Waals surface area contributed by atoms with Crippen molar-refractivity contribution < 1.29 is 9.53 Å². The van der Waals surface area contributed by atoms with E-state index in [4.69, 9.17) is 33.2 Å². The summed E-state index contributed by atoms with van der Waals surface area (Å²) in [6, 6.07) is 1.79. The largest absolute Gasteiger partial charge is 0.462 e. The van der Waals surface area contributed by atoms with Gasteiger partial charge in [-0.25, -0.2) is 4.79 Å². The lowest BCUT2D eigenvalue weighted by atomic mass is 10.3. The zero-order valence-electron chi connectivity index (χ0n) is 9.08. The number of carbonyl (C=O) groups is 1. The van der Waals surface area contributed by atoms with Gasteiger partial charge in [-0.2, -0.15) is 5.26 Å². The maximum absolute atomic E-state index is 11.3. The van der Waals surface area contributed by atoms with E-state index in [1.165, 1.54) is 6.20 Å². The van der Waals surface area contributed by atoms with Crippen LogP contribution in [-0.2, 0) is 9.53 Å². The Balaban J connectivity index is 4.62. The zero-order valence-corrected chi connectivity index (χ0v) is 10.6. The van der Waals surface area contributed by atoms with E-state index in [9.17, 15) is 4.79 Å². The molecule has 0 heterocycles. The Morgan fingerprint density at radius 3 is 2.38 bits per heavy atom. The second-order valence-electron chi connectivity index (χ2n) is 2.79. The number of ether oxygens (including phenoxy) is 1. The molecule has 0 N–H and O–H groups in total. The summed E-state index contributed by atoms with van der Waals surface area (Å²) in [5.41, 5.74) is -0.0444. The molecule has 0 aromatic carbocycles. The molecule has 0 fully saturated rings. The van der Waals surface area contributed by atoms with Crippen LogP contribution in [0.5, 0.6) is 0 Å². The molecular formula is C10H14Cl2N2O2. The third-order valence-electron chi connectivity index (χ3n) is 1.67. The predicted molar refractivity (Wildman–Crippen MR) is 63.3 cm³/mol. The van der Waals surface area contributed by atoms with E-state index in [0.717, 1.165) is 0 Å². The number of rotatable bonds is 7. The van der Waals surface area contributed by atoms with E-state index in [1.54, 1.807) is 17.9 Å². The maximum atomic E-state index is 11.3. The molecule has 0 saturated heterocycles. The molecule has 0 amide bonds. The van der Waals surface area contributed by atoms with Crippen LogP contribution in [0, 0.1) is 11.3 Å². The van der Waals surface area contributed by atoms with Crippen molar-refractivity contribution in [2.45, 2.75) is 6.92 Å². The van der Waals surface area contributed by atoms with Crippen molar-refractivity contribution in [3.63, 3.8) is 0 Å². The fraction of sp³-hybridized carbons (Fsp3) is 0.600. The summed E-state index contributed by atoms with van der Waals surface area (Å²) in [5, 5.41) is 8.80. The molecule has 0 unspecified atom stereocenters. The molecule has 0 spiro atoms. The Morgan fingerprint density at radius 1 is 1.44 bits per heavy atom. The highest BCUT2D eigenvalue weighted by Gasteiger charge is 2.11. The van der Waals surface area contributed by atoms with Crippen LogP contribution in [0.15, 0.2) is 11.8 Å². The van der Waals surface area contributed by atoms with Gasteiger partial charge in [-0.1, -0.05) is 0 Å². The summed E-state index contributed by atoms with van der Waals surface area (Å²) in [6.45, 7) is 2.97. The van der Waals surface area contributed by atoms with Gasteiger partial charge in [0, 0.05) is 31.0 Å². The molecule has 0 aliphatic heterocycles. The third kappa shape index (κ3) is 5.84. The first-order valence-corrected chi connectivity index (χ1v) is 5.91. The first-order chi connectivity index (χ1) is 7.69. The average molecular weight is 265 g/mol. The van der Waals surface area contributed by atoms with E-state index in [1.807, 2.05) is 0 Å². The topological polar surface area (TPSA) is 53.3 Å². The van der Waals surface area contributed by atoms with Gasteiger partial charge in [0.1, 0.15) is 6.07 Å². The van der Waals surface area contributed by atoms with Crippen molar-refractivity contribution in [3.8, 4) is 6.07 Å². The lowest BCUT2D eigenvalue weighted by Gasteiger charge is -2.17. The van der Waals surface area contributed by atoms with E-state index in [-0.39, 0.29) is 12.2 Å². The van der Waals surface area contributed by atoms with Gasteiger partial charge < -0.3 is 9.64 Å². The molecule has 0 aliphatic carbocycles. The smallest absolute Gasteiger partial charge is 0.350 e. The fourth-order valence-corrected chi connectivity index (χ4v) is 1.41. The second-order valence-corrected chi connectivity index (χ2v) is 3.54. The molecule has 90 valence electrons. The highest BCUT2D eigenvalue weighted by molar-refractivity contribution is 6.18. The molecule has 0 atom stereocenters. The summed E-state index contributed by atoms with van der Waals surface area (Å²) in [6.07, 6.45) is 1.43. The first-order valence-electron chi connectivity index (χ1n) is 4.84. The fourth-order valence-electron chi connectivity index (χ4n) is 0.977. The number of halogens is 2. The molecule has 0 saturated carbocycles. The number of esters is 1. The van der Waals surface area contributed by atoms with Crippen molar-refractivity contribution in [2.75, 3.05) is 31.5 Å². The van der Waals surface area contributed by atoms with Crippen LogP contribution in [0.2, 0.25) is 0 Å². The predicted octanol–water partition coefficient (Wildman–Crippen LogP) is 1.74. The van der Waals surface area contributed by atoms with Crippen LogP contribution in [0.25, 0.3) is 0 Å². The monoisotopic (exact) mass is 264 g/mol. The Bertz CT molecular complexity index is 281. The number of carbonyl (C=O) groups excluding carboxylic acids is 1. The number of hydrogen-bond donors (Lipinski definition) is 0. The van der Waals surface area contributed by atoms with Crippen molar-refractivity contribution in [1.29, 1.82) is 5.26 Å². The second kappa shape index (κ2) is 9.32. The lowest BCUT2D eigenvalue weighted by Crippen LogP contribution is -2.24. The summed E-state index contributed by atoms with van der Waals surface area (Å²) >= 11 is 11.2. The van der Waals surface area contributed by atoms with Crippen LogP contribution in [0.4, 0.5) is 0 Å². The van der Waals surface area contributed by atoms with Gasteiger partial charge in [-0.3, -0.25) is 0 Å². The minimum absolute atomic E-state index is 0.0444. The maximum Gasteiger partial charge on any atom is 0.350 e. The molecule has 0 aromatic heterocycles. The number of nitrogens with zero attached hydrogens (tertiary/aromatic N) is 2. The molecule has 0 rings (SSSR count). The van der Waals surface area contributed by atoms with Gasteiger partial charge in [0.25, 0.3) is 0 Å². The molecule has 16 heavy (non-hydrogen) atoms. The minimum Gasteiger partial charge on any atom is -0.462 e. The van der Waals surface area contributed by atoms with Gasteiger partial charge in [0.15, 0.2) is 5.57 Å². The number of alkyl halides is 2. The van der Waals surface area contributed by atoms with Crippen LogP contribution in [-0.4, -0.2) is 42.3 Å².